The summed E-state index contributed by atoms with van der Waals surface area (Å²) in [5.41, 5.74) is 7.24. The zero-order valence-corrected chi connectivity index (χ0v) is 11.9. The van der Waals surface area contributed by atoms with Crippen LogP contribution in [0.1, 0.15) is 26.7 Å². The number of rotatable bonds is 5. The lowest BCUT2D eigenvalue weighted by atomic mass is 9.93. The summed E-state index contributed by atoms with van der Waals surface area (Å²) < 4.78 is 5.11. The van der Waals surface area contributed by atoms with Gasteiger partial charge in [-0.25, -0.2) is 0 Å². The Bertz CT molecular complexity index is 447. The summed E-state index contributed by atoms with van der Waals surface area (Å²) >= 11 is 0. The number of aliphatic imine (C=N–C) groups is 1. The van der Waals surface area contributed by atoms with E-state index in [2.05, 4.69) is 24.2 Å². The molecule has 0 radical (unpaired) electrons. The number of nitrogens with zero attached hydrogens (tertiary/aromatic N) is 1. The first kappa shape index (κ1) is 13.7. The quantitative estimate of drug-likeness (QED) is 0.633. The molecule has 3 N–H and O–H groups in total. The predicted octanol–water partition coefficient (Wildman–Crippen LogP) is 2.86. The van der Waals surface area contributed by atoms with Crippen molar-refractivity contribution in [2.75, 3.05) is 19.0 Å². The lowest BCUT2D eigenvalue weighted by Crippen LogP contribution is -2.25. The summed E-state index contributed by atoms with van der Waals surface area (Å²) in [6.07, 6.45) is 2.54. The molecule has 0 bridgehead atoms. The molecule has 0 saturated heterocycles. The summed E-state index contributed by atoms with van der Waals surface area (Å²) in [7, 11) is 1.65. The van der Waals surface area contributed by atoms with E-state index in [0.29, 0.717) is 17.3 Å². The molecular weight excluding hydrogens is 238 g/mol. The molecule has 0 atom stereocenters. The van der Waals surface area contributed by atoms with Gasteiger partial charge in [-0.1, -0.05) is 13.8 Å². The van der Waals surface area contributed by atoms with E-state index in [4.69, 9.17) is 10.5 Å². The zero-order valence-electron chi connectivity index (χ0n) is 11.9. The fraction of sp³-hybridized carbons (Fsp3) is 0.533. The number of hydrogen-bond acceptors (Lipinski definition) is 2. The van der Waals surface area contributed by atoms with Crippen molar-refractivity contribution in [1.82, 2.24) is 0 Å². The fourth-order valence-electron chi connectivity index (χ4n) is 2.18. The Balaban J connectivity index is 1.91. The van der Waals surface area contributed by atoms with Crippen molar-refractivity contribution < 1.29 is 4.74 Å². The van der Waals surface area contributed by atoms with Crippen molar-refractivity contribution >= 4 is 11.6 Å². The molecule has 0 unspecified atom stereocenters. The van der Waals surface area contributed by atoms with Gasteiger partial charge in [0.2, 0.25) is 0 Å². The molecule has 1 aromatic rings. The van der Waals surface area contributed by atoms with Gasteiger partial charge < -0.3 is 15.8 Å². The monoisotopic (exact) mass is 261 g/mol. The predicted molar refractivity (Wildman–Crippen MR) is 79.6 cm³/mol. The lowest BCUT2D eigenvalue weighted by Gasteiger charge is -2.17. The minimum absolute atomic E-state index is 0.395. The van der Waals surface area contributed by atoms with Gasteiger partial charge in [-0.15, -0.1) is 0 Å². The topological polar surface area (TPSA) is 59.6 Å². The average molecular weight is 261 g/mol. The molecule has 1 saturated carbocycles. The second-order valence-electron chi connectivity index (χ2n) is 5.57. The van der Waals surface area contributed by atoms with Crippen LogP contribution in [0.15, 0.2) is 29.3 Å². The Labute approximate surface area is 115 Å². The van der Waals surface area contributed by atoms with Gasteiger partial charge in [0.25, 0.3) is 0 Å². The first-order valence-corrected chi connectivity index (χ1v) is 6.77. The van der Waals surface area contributed by atoms with Crippen molar-refractivity contribution in [2.24, 2.45) is 22.1 Å². The molecule has 0 aromatic heterocycles. The Kier molecular flexibility index (Phi) is 3.98. The molecule has 0 heterocycles. The molecule has 1 aliphatic rings. The van der Waals surface area contributed by atoms with Crippen LogP contribution in [0.5, 0.6) is 5.75 Å². The molecule has 1 aliphatic carbocycles. The van der Waals surface area contributed by atoms with Gasteiger partial charge in [0.1, 0.15) is 5.75 Å². The number of nitrogens with one attached hydrogen (secondary N) is 1. The molecule has 4 nitrogen and oxygen atoms in total. The summed E-state index contributed by atoms with van der Waals surface area (Å²) in [6.45, 7) is 5.34. The second kappa shape index (κ2) is 5.51. The van der Waals surface area contributed by atoms with Crippen LogP contribution in [0.3, 0.4) is 0 Å². The molecule has 19 heavy (non-hydrogen) atoms. The molecule has 0 spiro atoms. The van der Waals surface area contributed by atoms with Crippen molar-refractivity contribution in [3.8, 4) is 5.75 Å². The van der Waals surface area contributed by atoms with Gasteiger partial charge >= 0.3 is 0 Å². The number of ether oxygens (including phenoxy) is 1. The SMILES string of the molecule is COc1ccc(NC(N)=NCC2(C(C)C)CC2)cc1. The van der Waals surface area contributed by atoms with Crippen LogP contribution >= 0.6 is 0 Å². The van der Waals surface area contributed by atoms with E-state index in [1.54, 1.807) is 7.11 Å². The molecule has 104 valence electrons. The van der Waals surface area contributed by atoms with Gasteiger partial charge in [-0.05, 0) is 48.4 Å². The normalized spacial score (nSPS) is 17.4. The van der Waals surface area contributed by atoms with Gasteiger partial charge in [0, 0.05) is 12.2 Å². The molecule has 1 fully saturated rings. The number of guanidine groups is 1. The van der Waals surface area contributed by atoms with Gasteiger partial charge in [-0.3, -0.25) is 4.99 Å². The van der Waals surface area contributed by atoms with Crippen molar-refractivity contribution in [3.63, 3.8) is 0 Å². The second-order valence-corrected chi connectivity index (χ2v) is 5.57. The van der Waals surface area contributed by atoms with Crippen LogP contribution in [0.25, 0.3) is 0 Å². The van der Waals surface area contributed by atoms with E-state index < -0.39 is 0 Å². The maximum Gasteiger partial charge on any atom is 0.193 e. The summed E-state index contributed by atoms with van der Waals surface area (Å²) in [6, 6.07) is 7.64. The van der Waals surface area contributed by atoms with Crippen molar-refractivity contribution in [3.05, 3.63) is 24.3 Å². The summed E-state index contributed by atoms with van der Waals surface area (Å²) in [5, 5.41) is 3.10. The minimum atomic E-state index is 0.395. The van der Waals surface area contributed by atoms with Crippen LogP contribution in [-0.4, -0.2) is 19.6 Å². The van der Waals surface area contributed by atoms with E-state index >= 15 is 0 Å². The number of anilines is 1. The van der Waals surface area contributed by atoms with Crippen LogP contribution in [0, 0.1) is 11.3 Å². The first-order valence-electron chi connectivity index (χ1n) is 6.77. The first-order chi connectivity index (χ1) is 9.05. The minimum Gasteiger partial charge on any atom is -0.497 e. The van der Waals surface area contributed by atoms with Crippen LogP contribution in [-0.2, 0) is 0 Å². The van der Waals surface area contributed by atoms with E-state index in [9.17, 15) is 0 Å². The molecule has 4 heteroatoms. The number of hydrogen-bond donors (Lipinski definition) is 2. The van der Waals surface area contributed by atoms with Gasteiger partial charge in [0.15, 0.2) is 5.96 Å². The summed E-state index contributed by atoms with van der Waals surface area (Å²) in [4.78, 5) is 4.47. The maximum absolute atomic E-state index is 5.92. The molecular formula is C15H23N3O. The Morgan fingerprint density at radius 1 is 1.37 bits per heavy atom. The Morgan fingerprint density at radius 2 is 2.00 bits per heavy atom. The third-order valence-corrected chi connectivity index (χ3v) is 4.04. The van der Waals surface area contributed by atoms with E-state index in [0.717, 1.165) is 18.0 Å². The lowest BCUT2D eigenvalue weighted by molar-refractivity contribution is 0.371. The van der Waals surface area contributed by atoms with Gasteiger partial charge in [0.05, 0.1) is 7.11 Å². The van der Waals surface area contributed by atoms with Crippen LogP contribution in [0.2, 0.25) is 0 Å². The van der Waals surface area contributed by atoms with E-state index in [-0.39, 0.29) is 0 Å². The third-order valence-electron chi connectivity index (χ3n) is 4.04. The van der Waals surface area contributed by atoms with E-state index in [1.165, 1.54) is 12.8 Å². The molecule has 1 aromatic carbocycles. The molecule has 0 amide bonds. The van der Waals surface area contributed by atoms with Crippen molar-refractivity contribution in [1.29, 1.82) is 0 Å². The van der Waals surface area contributed by atoms with Crippen LogP contribution in [0.4, 0.5) is 5.69 Å². The van der Waals surface area contributed by atoms with Gasteiger partial charge in [-0.2, -0.15) is 0 Å². The Morgan fingerprint density at radius 3 is 2.47 bits per heavy atom. The number of benzene rings is 1. The highest BCUT2D eigenvalue weighted by Gasteiger charge is 2.45. The largest absolute Gasteiger partial charge is 0.497 e. The Hall–Kier alpha value is -1.71. The number of nitrogens with two attached hydrogens (primary N) is 1. The van der Waals surface area contributed by atoms with Crippen molar-refractivity contribution in [2.45, 2.75) is 26.7 Å². The highest BCUT2D eigenvalue weighted by Crippen LogP contribution is 2.51. The summed E-state index contributed by atoms with van der Waals surface area (Å²) in [5.74, 6) is 1.99. The smallest absolute Gasteiger partial charge is 0.193 e. The molecule has 0 aliphatic heterocycles. The third kappa shape index (κ3) is 3.40. The molecule has 2 rings (SSSR count). The fourth-order valence-corrected chi connectivity index (χ4v) is 2.18. The zero-order chi connectivity index (χ0) is 13.9. The average Bonchev–Trinajstić information content (AvgIpc) is 3.18. The maximum atomic E-state index is 5.92. The number of methoxy groups -OCH3 is 1. The van der Waals surface area contributed by atoms with Crippen LogP contribution < -0.4 is 15.8 Å². The highest BCUT2D eigenvalue weighted by molar-refractivity contribution is 5.92. The highest BCUT2D eigenvalue weighted by atomic mass is 16.5. The van der Waals surface area contributed by atoms with E-state index in [1.807, 2.05) is 24.3 Å². The standard InChI is InChI=1S/C15H23N3O/c1-11(2)15(8-9-15)10-17-14(16)18-12-4-6-13(19-3)7-5-12/h4-7,11H,8-10H2,1-3H3,(H3,16,17,18).